The highest BCUT2D eigenvalue weighted by Crippen LogP contribution is 2.22. The third kappa shape index (κ3) is 0.855. The van der Waals surface area contributed by atoms with Crippen molar-refractivity contribution in [3.63, 3.8) is 0 Å². The Balaban J connectivity index is 2.65. The predicted octanol–water partition coefficient (Wildman–Crippen LogP) is 2.72. The highest BCUT2D eigenvalue weighted by Gasteiger charge is 1.99. The summed E-state index contributed by atoms with van der Waals surface area (Å²) in [6.45, 7) is 0. The van der Waals surface area contributed by atoms with E-state index in [9.17, 15) is 0 Å². The molecule has 2 aromatic heterocycles. The first-order valence-corrected chi connectivity index (χ1v) is 4.25. The summed E-state index contributed by atoms with van der Waals surface area (Å²) >= 11 is 0. The Morgan fingerprint density at radius 2 is 2.00 bits per heavy atom. The number of hydrogen-bond acceptors (Lipinski definition) is 1. The molecular formula is C11H8N2. The van der Waals surface area contributed by atoms with Gasteiger partial charge in [-0.25, -0.2) is 0 Å². The summed E-state index contributed by atoms with van der Waals surface area (Å²) in [7, 11) is 0. The molecule has 13 heavy (non-hydrogen) atoms. The van der Waals surface area contributed by atoms with Crippen LogP contribution >= 0.6 is 0 Å². The smallest absolute Gasteiger partial charge is 0.0460 e. The Hall–Kier alpha value is -1.83. The maximum Gasteiger partial charge on any atom is 0.0460 e. The Morgan fingerprint density at radius 3 is 3.00 bits per heavy atom. The van der Waals surface area contributed by atoms with Crippen LogP contribution in [0.3, 0.4) is 0 Å². The van der Waals surface area contributed by atoms with E-state index in [0.29, 0.717) is 0 Å². The van der Waals surface area contributed by atoms with E-state index < -0.39 is 0 Å². The van der Waals surface area contributed by atoms with Crippen molar-refractivity contribution in [1.82, 2.24) is 9.97 Å². The molecule has 3 aromatic rings. The Kier molecular flexibility index (Phi) is 1.19. The van der Waals surface area contributed by atoms with Gasteiger partial charge in [-0.05, 0) is 23.6 Å². The Morgan fingerprint density at radius 1 is 1.00 bits per heavy atom. The van der Waals surface area contributed by atoms with Crippen LogP contribution in [0.25, 0.3) is 21.7 Å². The second kappa shape index (κ2) is 2.33. The lowest BCUT2D eigenvalue weighted by atomic mass is 10.1. The van der Waals surface area contributed by atoms with Crippen LogP contribution in [0.15, 0.2) is 42.9 Å². The van der Waals surface area contributed by atoms with Crippen molar-refractivity contribution < 1.29 is 0 Å². The lowest BCUT2D eigenvalue weighted by Gasteiger charge is -1.97. The van der Waals surface area contributed by atoms with Crippen LogP contribution in [0.2, 0.25) is 0 Å². The molecule has 0 aliphatic rings. The van der Waals surface area contributed by atoms with Crippen LogP contribution in [0.4, 0.5) is 0 Å². The van der Waals surface area contributed by atoms with Crippen LogP contribution in [-0.4, -0.2) is 9.97 Å². The number of H-pyrrole nitrogens is 1. The molecular weight excluding hydrogens is 160 g/mol. The van der Waals surface area contributed by atoms with E-state index in [-0.39, 0.29) is 0 Å². The molecule has 3 rings (SSSR count). The van der Waals surface area contributed by atoms with Crippen molar-refractivity contribution in [2.24, 2.45) is 0 Å². The molecule has 0 aliphatic carbocycles. The molecule has 1 N–H and O–H groups in total. The maximum atomic E-state index is 4.13. The molecule has 2 heteroatoms. The fraction of sp³-hybridized carbons (Fsp3) is 0. The highest BCUT2D eigenvalue weighted by molar-refractivity contribution is 6.05. The minimum Gasteiger partial charge on any atom is -0.361 e. The number of benzene rings is 1. The van der Waals surface area contributed by atoms with Gasteiger partial charge >= 0.3 is 0 Å². The van der Waals surface area contributed by atoms with Gasteiger partial charge < -0.3 is 4.98 Å². The molecule has 0 aliphatic heterocycles. The number of rotatable bonds is 0. The number of aromatic amines is 1. The van der Waals surface area contributed by atoms with E-state index in [1.54, 1.807) is 0 Å². The van der Waals surface area contributed by atoms with Crippen LogP contribution < -0.4 is 0 Å². The van der Waals surface area contributed by atoms with Crippen molar-refractivity contribution in [1.29, 1.82) is 0 Å². The van der Waals surface area contributed by atoms with E-state index in [4.69, 9.17) is 0 Å². The number of hydrogen-bond donors (Lipinski definition) is 1. The van der Waals surface area contributed by atoms with Gasteiger partial charge in [0.05, 0.1) is 0 Å². The summed E-state index contributed by atoms with van der Waals surface area (Å²) < 4.78 is 0. The van der Waals surface area contributed by atoms with Crippen molar-refractivity contribution in [2.75, 3.05) is 0 Å². The highest BCUT2D eigenvalue weighted by atomic mass is 14.7. The molecule has 0 radical (unpaired) electrons. The number of fused-ring (bicyclic) bond motifs is 3. The lowest BCUT2D eigenvalue weighted by Crippen LogP contribution is -1.75. The van der Waals surface area contributed by atoms with Crippen LogP contribution in [0, 0.1) is 0 Å². The Bertz CT molecular complexity index is 566. The Labute approximate surface area is 75.2 Å². The normalized spacial score (nSPS) is 11.1. The van der Waals surface area contributed by atoms with Gasteiger partial charge in [-0.15, -0.1) is 0 Å². The average Bonchev–Trinajstić information content (AvgIpc) is 2.65. The van der Waals surface area contributed by atoms with Gasteiger partial charge in [-0.1, -0.05) is 6.07 Å². The van der Waals surface area contributed by atoms with Gasteiger partial charge in [0.2, 0.25) is 0 Å². The monoisotopic (exact) mass is 168 g/mol. The van der Waals surface area contributed by atoms with Gasteiger partial charge in [-0.3, -0.25) is 4.98 Å². The third-order valence-electron chi connectivity index (χ3n) is 2.35. The summed E-state index contributed by atoms with van der Waals surface area (Å²) in [5.41, 5.74) is 1.17. The number of nitrogens with one attached hydrogen (secondary N) is 1. The third-order valence-corrected chi connectivity index (χ3v) is 2.35. The summed E-state index contributed by atoms with van der Waals surface area (Å²) in [6.07, 6.45) is 5.68. The van der Waals surface area contributed by atoms with Gasteiger partial charge in [-0.2, -0.15) is 0 Å². The molecule has 0 saturated carbocycles. The molecule has 62 valence electrons. The zero-order chi connectivity index (χ0) is 8.67. The second-order valence-electron chi connectivity index (χ2n) is 3.10. The molecule has 0 bridgehead atoms. The van der Waals surface area contributed by atoms with Crippen molar-refractivity contribution in [2.45, 2.75) is 0 Å². The summed E-state index contributed by atoms with van der Waals surface area (Å²) in [5, 5.41) is 3.69. The van der Waals surface area contributed by atoms with Crippen LogP contribution in [0.1, 0.15) is 0 Å². The quantitative estimate of drug-likeness (QED) is 0.549. The van der Waals surface area contributed by atoms with Crippen molar-refractivity contribution in [3.8, 4) is 0 Å². The molecule has 0 amide bonds. The average molecular weight is 168 g/mol. The van der Waals surface area contributed by atoms with E-state index in [0.717, 1.165) is 0 Å². The minimum atomic E-state index is 1.17. The van der Waals surface area contributed by atoms with Crippen LogP contribution in [-0.2, 0) is 0 Å². The fourth-order valence-corrected chi connectivity index (χ4v) is 1.70. The van der Waals surface area contributed by atoms with Crippen molar-refractivity contribution >= 4 is 21.7 Å². The van der Waals surface area contributed by atoms with Crippen molar-refractivity contribution in [3.05, 3.63) is 42.9 Å². The standard InChI is InChI=1S/C11H8N2/c1-2-11-9(4-6-13-11)10-7-12-5-3-8(1)10/h1-7,13H. The first-order valence-electron chi connectivity index (χ1n) is 4.25. The second-order valence-corrected chi connectivity index (χ2v) is 3.10. The van der Waals surface area contributed by atoms with E-state index >= 15 is 0 Å². The summed E-state index contributed by atoms with van der Waals surface area (Å²) in [4.78, 5) is 7.31. The molecule has 2 heterocycles. The fourth-order valence-electron chi connectivity index (χ4n) is 1.70. The molecule has 0 atom stereocenters. The molecule has 1 aromatic carbocycles. The molecule has 0 spiro atoms. The number of aromatic nitrogens is 2. The van der Waals surface area contributed by atoms with Gasteiger partial charge in [0.15, 0.2) is 0 Å². The zero-order valence-electron chi connectivity index (χ0n) is 6.99. The maximum absolute atomic E-state index is 4.13. The largest absolute Gasteiger partial charge is 0.361 e. The molecule has 0 unspecified atom stereocenters. The summed E-state index contributed by atoms with van der Waals surface area (Å²) in [6, 6.07) is 8.31. The molecule has 0 saturated heterocycles. The minimum absolute atomic E-state index is 1.17. The first-order chi connectivity index (χ1) is 6.45. The van der Waals surface area contributed by atoms with Gasteiger partial charge in [0, 0.05) is 34.9 Å². The predicted molar refractivity (Wildman–Crippen MR) is 53.6 cm³/mol. The topological polar surface area (TPSA) is 28.7 Å². The molecule has 2 nitrogen and oxygen atoms in total. The number of pyridine rings is 1. The van der Waals surface area contributed by atoms with E-state index in [1.165, 1.54) is 21.7 Å². The van der Waals surface area contributed by atoms with Gasteiger partial charge in [0.1, 0.15) is 0 Å². The number of nitrogens with zero attached hydrogens (tertiary/aromatic N) is 1. The summed E-state index contributed by atoms with van der Waals surface area (Å²) in [5.74, 6) is 0. The first kappa shape index (κ1) is 6.66. The zero-order valence-corrected chi connectivity index (χ0v) is 6.99. The van der Waals surface area contributed by atoms with Gasteiger partial charge in [0.25, 0.3) is 0 Å². The molecule has 0 fully saturated rings. The van der Waals surface area contributed by atoms with E-state index in [1.807, 2.05) is 24.7 Å². The lowest BCUT2D eigenvalue weighted by molar-refractivity contribution is 1.37. The van der Waals surface area contributed by atoms with Crippen LogP contribution in [0.5, 0.6) is 0 Å². The SMILES string of the molecule is c1cc2ccc3[nH]ccc3c2cn1. The van der Waals surface area contributed by atoms with E-state index in [2.05, 4.69) is 28.2 Å².